The normalized spacial score (nSPS) is 14.6. The Morgan fingerprint density at radius 3 is 3.10 bits per heavy atom. The quantitative estimate of drug-likeness (QED) is 0.761. The van der Waals surface area contributed by atoms with E-state index in [1.165, 1.54) is 12.8 Å². The van der Waals surface area contributed by atoms with Crippen LogP contribution in [0.3, 0.4) is 0 Å². The van der Waals surface area contributed by atoms with Gasteiger partial charge >= 0.3 is 0 Å². The van der Waals surface area contributed by atoms with Gasteiger partial charge < -0.3 is 15.0 Å². The zero-order valence-corrected chi connectivity index (χ0v) is 11.5. The van der Waals surface area contributed by atoms with E-state index in [0.29, 0.717) is 12.1 Å². The molecule has 1 aromatic carbocycles. The summed E-state index contributed by atoms with van der Waals surface area (Å²) in [4.78, 5) is 15.2. The van der Waals surface area contributed by atoms with Crippen LogP contribution in [0, 0.1) is 5.92 Å². The highest BCUT2D eigenvalue weighted by atomic mass is 16.5. The van der Waals surface area contributed by atoms with Crippen LogP contribution in [0.4, 0.5) is 0 Å². The van der Waals surface area contributed by atoms with Crippen molar-refractivity contribution in [1.82, 2.24) is 10.3 Å². The SMILES string of the molecule is O=C(NCCCOCC1CC1)c1cccc2cc[nH]c12. The number of H-pyrrole nitrogens is 1. The van der Waals surface area contributed by atoms with Gasteiger partial charge in [-0.05, 0) is 37.3 Å². The number of amides is 1. The number of benzene rings is 1. The van der Waals surface area contributed by atoms with Gasteiger partial charge in [-0.1, -0.05) is 12.1 Å². The zero-order valence-electron chi connectivity index (χ0n) is 11.5. The Hall–Kier alpha value is -1.81. The molecule has 4 heteroatoms. The molecular weight excluding hydrogens is 252 g/mol. The third-order valence-electron chi connectivity index (χ3n) is 3.63. The Labute approximate surface area is 118 Å². The summed E-state index contributed by atoms with van der Waals surface area (Å²) in [5.41, 5.74) is 1.60. The highest BCUT2D eigenvalue weighted by Crippen LogP contribution is 2.28. The number of para-hydroxylation sites is 1. The van der Waals surface area contributed by atoms with Gasteiger partial charge in [-0.15, -0.1) is 0 Å². The summed E-state index contributed by atoms with van der Waals surface area (Å²) in [7, 11) is 0. The van der Waals surface area contributed by atoms with Crippen molar-refractivity contribution < 1.29 is 9.53 Å². The molecule has 1 aromatic heterocycles. The summed E-state index contributed by atoms with van der Waals surface area (Å²) < 4.78 is 5.55. The summed E-state index contributed by atoms with van der Waals surface area (Å²) in [6.07, 6.45) is 5.35. The largest absolute Gasteiger partial charge is 0.381 e. The minimum atomic E-state index is -0.0276. The van der Waals surface area contributed by atoms with Gasteiger partial charge in [0.05, 0.1) is 11.1 Å². The average molecular weight is 272 g/mol. The zero-order chi connectivity index (χ0) is 13.8. The van der Waals surface area contributed by atoms with Crippen molar-refractivity contribution in [2.45, 2.75) is 19.3 Å². The van der Waals surface area contributed by atoms with Crippen LogP contribution in [0.2, 0.25) is 0 Å². The predicted molar refractivity (Wildman–Crippen MR) is 78.8 cm³/mol. The van der Waals surface area contributed by atoms with Crippen LogP contribution in [-0.4, -0.2) is 30.6 Å². The number of ether oxygens (including phenoxy) is 1. The molecule has 0 atom stereocenters. The van der Waals surface area contributed by atoms with E-state index in [2.05, 4.69) is 10.3 Å². The number of hydrogen-bond donors (Lipinski definition) is 2. The van der Waals surface area contributed by atoms with Crippen molar-refractivity contribution in [2.75, 3.05) is 19.8 Å². The Morgan fingerprint density at radius 2 is 2.25 bits per heavy atom. The maximum Gasteiger partial charge on any atom is 0.253 e. The van der Waals surface area contributed by atoms with Crippen LogP contribution in [0.15, 0.2) is 30.5 Å². The third kappa shape index (κ3) is 3.20. The van der Waals surface area contributed by atoms with Crippen molar-refractivity contribution in [1.29, 1.82) is 0 Å². The lowest BCUT2D eigenvalue weighted by atomic mass is 10.1. The molecule has 0 aliphatic heterocycles. The van der Waals surface area contributed by atoms with E-state index in [9.17, 15) is 4.79 Å². The van der Waals surface area contributed by atoms with Crippen molar-refractivity contribution in [3.63, 3.8) is 0 Å². The fraction of sp³-hybridized carbons (Fsp3) is 0.438. The molecule has 0 saturated heterocycles. The average Bonchev–Trinajstić information content (AvgIpc) is 3.16. The van der Waals surface area contributed by atoms with Crippen LogP contribution < -0.4 is 5.32 Å². The number of carbonyl (C=O) groups is 1. The molecule has 0 radical (unpaired) electrons. The van der Waals surface area contributed by atoms with Gasteiger partial charge in [0, 0.05) is 31.3 Å². The lowest BCUT2D eigenvalue weighted by Crippen LogP contribution is -2.25. The molecule has 106 valence electrons. The monoisotopic (exact) mass is 272 g/mol. The van der Waals surface area contributed by atoms with Crippen molar-refractivity contribution in [3.05, 3.63) is 36.0 Å². The van der Waals surface area contributed by atoms with Crippen LogP contribution in [0.1, 0.15) is 29.6 Å². The van der Waals surface area contributed by atoms with Gasteiger partial charge in [0.15, 0.2) is 0 Å². The molecule has 4 nitrogen and oxygen atoms in total. The minimum Gasteiger partial charge on any atom is -0.381 e. The van der Waals surface area contributed by atoms with Crippen LogP contribution in [-0.2, 0) is 4.74 Å². The maximum absolute atomic E-state index is 12.1. The molecule has 3 rings (SSSR count). The highest BCUT2D eigenvalue weighted by molar-refractivity contribution is 6.05. The lowest BCUT2D eigenvalue weighted by molar-refractivity contribution is 0.0939. The van der Waals surface area contributed by atoms with E-state index in [1.807, 2.05) is 30.5 Å². The van der Waals surface area contributed by atoms with Crippen LogP contribution in [0.25, 0.3) is 10.9 Å². The molecule has 2 N–H and O–H groups in total. The Morgan fingerprint density at radius 1 is 1.35 bits per heavy atom. The Kier molecular flexibility index (Phi) is 4.02. The highest BCUT2D eigenvalue weighted by Gasteiger charge is 2.20. The van der Waals surface area contributed by atoms with Gasteiger partial charge in [0.25, 0.3) is 5.91 Å². The van der Waals surface area contributed by atoms with Gasteiger partial charge in [0.1, 0.15) is 0 Å². The lowest BCUT2D eigenvalue weighted by Gasteiger charge is -2.07. The van der Waals surface area contributed by atoms with Gasteiger partial charge in [0.2, 0.25) is 0 Å². The number of rotatable bonds is 7. The summed E-state index contributed by atoms with van der Waals surface area (Å²) >= 11 is 0. The van der Waals surface area contributed by atoms with Crippen molar-refractivity contribution in [2.24, 2.45) is 5.92 Å². The van der Waals surface area contributed by atoms with Crippen molar-refractivity contribution >= 4 is 16.8 Å². The minimum absolute atomic E-state index is 0.0276. The van der Waals surface area contributed by atoms with E-state index in [1.54, 1.807) is 0 Å². The van der Waals surface area contributed by atoms with E-state index >= 15 is 0 Å². The first kappa shape index (κ1) is 13.2. The van der Waals surface area contributed by atoms with Gasteiger partial charge in [-0.3, -0.25) is 4.79 Å². The molecule has 0 spiro atoms. The van der Waals surface area contributed by atoms with Crippen LogP contribution in [0.5, 0.6) is 0 Å². The summed E-state index contributed by atoms with van der Waals surface area (Å²) in [5, 5.41) is 4.01. The fourth-order valence-electron chi connectivity index (χ4n) is 2.28. The molecule has 0 bridgehead atoms. The Bertz CT molecular complexity index is 587. The van der Waals surface area contributed by atoms with E-state index < -0.39 is 0 Å². The second kappa shape index (κ2) is 6.09. The molecule has 1 saturated carbocycles. The smallest absolute Gasteiger partial charge is 0.253 e. The summed E-state index contributed by atoms with van der Waals surface area (Å²) in [5.74, 6) is 0.773. The number of hydrogen-bond acceptors (Lipinski definition) is 2. The van der Waals surface area contributed by atoms with Crippen LogP contribution >= 0.6 is 0 Å². The maximum atomic E-state index is 12.1. The second-order valence-corrected chi connectivity index (χ2v) is 5.38. The molecule has 1 amide bonds. The first-order chi connectivity index (χ1) is 9.84. The summed E-state index contributed by atoms with van der Waals surface area (Å²) in [6.45, 7) is 2.26. The molecule has 1 heterocycles. The first-order valence-electron chi connectivity index (χ1n) is 7.26. The van der Waals surface area contributed by atoms with Gasteiger partial charge in [-0.25, -0.2) is 0 Å². The molecular formula is C16H20N2O2. The topological polar surface area (TPSA) is 54.1 Å². The number of nitrogens with one attached hydrogen (secondary N) is 2. The standard InChI is InChI=1S/C16H20N2O2/c19-16(18-8-2-10-20-11-12-5-6-12)14-4-1-3-13-7-9-17-15(13)14/h1,3-4,7,9,12,17H,2,5-6,8,10-11H2,(H,18,19). The summed E-state index contributed by atoms with van der Waals surface area (Å²) in [6, 6.07) is 7.72. The molecule has 1 aliphatic rings. The number of aromatic nitrogens is 1. The predicted octanol–water partition coefficient (Wildman–Crippen LogP) is 2.71. The molecule has 0 unspecified atom stereocenters. The van der Waals surface area contributed by atoms with E-state index in [-0.39, 0.29) is 5.91 Å². The number of fused-ring (bicyclic) bond motifs is 1. The Balaban J connectivity index is 1.45. The molecule has 1 fully saturated rings. The first-order valence-corrected chi connectivity index (χ1v) is 7.26. The van der Waals surface area contributed by atoms with E-state index in [0.717, 1.165) is 36.5 Å². The van der Waals surface area contributed by atoms with Crippen molar-refractivity contribution in [3.8, 4) is 0 Å². The second-order valence-electron chi connectivity index (χ2n) is 5.38. The molecule has 1 aliphatic carbocycles. The van der Waals surface area contributed by atoms with E-state index in [4.69, 9.17) is 4.74 Å². The molecule has 2 aromatic rings. The number of carbonyl (C=O) groups excluding carboxylic acids is 1. The van der Waals surface area contributed by atoms with Gasteiger partial charge in [-0.2, -0.15) is 0 Å². The number of aromatic amines is 1. The third-order valence-corrected chi connectivity index (χ3v) is 3.63. The fourth-order valence-corrected chi connectivity index (χ4v) is 2.28. The molecule has 20 heavy (non-hydrogen) atoms.